The molecule has 3 heterocycles. The summed E-state index contributed by atoms with van der Waals surface area (Å²) in [5, 5.41) is 7.18. The van der Waals surface area contributed by atoms with Gasteiger partial charge in [-0.15, -0.1) is 0 Å². The standard InChI is InChI=1S/C37H23N5/c1-3-12-24(13-4-1)35-39-36(25-14-5-2-6-15-25)41-37(40-35)42-31-18-10-9-17-27(31)28-20-21-29-32-26-16-8-7-11-23(26)19-22-30(32)38-33(29)34(28)42/h1-22,38H. The second kappa shape index (κ2) is 8.85. The number of rotatable bonds is 3. The lowest BCUT2D eigenvalue weighted by atomic mass is 10.0. The zero-order valence-corrected chi connectivity index (χ0v) is 22.5. The maximum Gasteiger partial charge on any atom is 0.238 e. The third-order valence-electron chi connectivity index (χ3n) is 8.18. The average molecular weight is 538 g/mol. The largest absolute Gasteiger partial charge is 0.353 e. The molecule has 0 aliphatic carbocycles. The number of aromatic nitrogens is 5. The summed E-state index contributed by atoms with van der Waals surface area (Å²) in [7, 11) is 0. The first kappa shape index (κ1) is 22.9. The van der Waals surface area contributed by atoms with Gasteiger partial charge in [0.1, 0.15) is 0 Å². The second-order valence-corrected chi connectivity index (χ2v) is 10.6. The molecule has 9 rings (SSSR count). The lowest BCUT2D eigenvalue weighted by molar-refractivity contribution is 0.954. The molecule has 0 spiro atoms. The van der Waals surface area contributed by atoms with E-state index in [4.69, 9.17) is 15.0 Å². The Hall–Kier alpha value is -5.81. The molecule has 0 atom stereocenters. The molecular formula is C37H23N5. The van der Waals surface area contributed by atoms with Crippen molar-refractivity contribution >= 4 is 54.4 Å². The van der Waals surface area contributed by atoms with Gasteiger partial charge in [-0.2, -0.15) is 9.97 Å². The van der Waals surface area contributed by atoms with E-state index in [-0.39, 0.29) is 0 Å². The van der Waals surface area contributed by atoms with Crippen LogP contribution in [-0.4, -0.2) is 24.5 Å². The van der Waals surface area contributed by atoms with E-state index in [1.807, 2.05) is 60.7 Å². The van der Waals surface area contributed by atoms with Crippen molar-refractivity contribution in [2.24, 2.45) is 0 Å². The van der Waals surface area contributed by atoms with Crippen LogP contribution in [0.5, 0.6) is 0 Å². The van der Waals surface area contributed by atoms with Crippen molar-refractivity contribution in [1.29, 1.82) is 0 Å². The van der Waals surface area contributed by atoms with Gasteiger partial charge >= 0.3 is 0 Å². The molecule has 0 radical (unpaired) electrons. The Kier molecular flexibility index (Phi) is 4.83. The van der Waals surface area contributed by atoms with Crippen molar-refractivity contribution in [3.63, 3.8) is 0 Å². The molecule has 1 N–H and O–H groups in total. The molecule has 0 aliphatic heterocycles. The number of fused-ring (bicyclic) bond motifs is 9. The Bertz CT molecular complexity index is 2400. The Labute approximate surface area is 240 Å². The van der Waals surface area contributed by atoms with Crippen LogP contribution >= 0.6 is 0 Å². The summed E-state index contributed by atoms with van der Waals surface area (Å²) < 4.78 is 2.20. The highest BCUT2D eigenvalue weighted by molar-refractivity contribution is 6.27. The minimum Gasteiger partial charge on any atom is -0.353 e. The average Bonchev–Trinajstić information content (AvgIpc) is 3.62. The van der Waals surface area contributed by atoms with E-state index in [1.165, 1.54) is 21.5 Å². The monoisotopic (exact) mass is 537 g/mol. The number of nitrogens with zero attached hydrogens (tertiary/aromatic N) is 4. The summed E-state index contributed by atoms with van der Waals surface area (Å²) in [5.41, 5.74) is 6.17. The first-order chi connectivity index (χ1) is 20.8. The number of para-hydroxylation sites is 1. The lowest BCUT2D eigenvalue weighted by Crippen LogP contribution is -2.06. The molecule has 3 aromatic heterocycles. The Morgan fingerprint density at radius 2 is 1.10 bits per heavy atom. The van der Waals surface area contributed by atoms with Gasteiger partial charge in [-0.05, 0) is 22.9 Å². The number of nitrogens with one attached hydrogen (secondary N) is 1. The van der Waals surface area contributed by atoms with Crippen molar-refractivity contribution in [1.82, 2.24) is 24.5 Å². The molecule has 0 unspecified atom stereocenters. The molecule has 0 aliphatic rings. The maximum atomic E-state index is 5.11. The van der Waals surface area contributed by atoms with Gasteiger partial charge in [0.05, 0.1) is 16.6 Å². The fraction of sp³-hybridized carbons (Fsp3) is 0. The van der Waals surface area contributed by atoms with Gasteiger partial charge in [0.15, 0.2) is 11.6 Å². The van der Waals surface area contributed by atoms with Crippen LogP contribution in [0.25, 0.3) is 83.1 Å². The number of benzene rings is 6. The highest BCUT2D eigenvalue weighted by Gasteiger charge is 2.21. The highest BCUT2D eigenvalue weighted by Crippen LogP contribution is 2.40. The van der Waals surface area contributed by atoms with Crippen LogP contribution in [0.4, 0.5) is 0 Å². The number of hydrogen-bond acceptors (Lipinski definition) is 3. The van der Waals surface area contributed by atoms with E-state index >= 15 is 0 Å². The van der Waals surface area contributed by atoms with E-state index in [1.54, 1.807) is 0 Å². The first-order valence-electron chi connectivity index (χ1n) is 14.1. The number of aromatic amines is 1. The number of H-pyrrole nitrogens is 1. The van der Waals surface area contributed by atoms with Gasteiger partial charge in [0.2, 0.25) is 5.95 Å². The van der Waals surface area contributed by atoms with E-state index in [0.717, 1.165) is 44.0 Å². The summed E-state index contributed by atoms with van der Waals surface area (Å²) in [5.74, 6) is 1.87. The highest BCUT2D eigenvalue weighted by atomic mass is 15.2. The van der Waals surface area contributed by atoms with E-state index < -0.39 is 0 Å². The molecular weight excluding hydrogens is 514 g/mol. The molecule has 42 heavy (non-hydrogen) atoms. The third-order valence-corrected chi connectivity index (χ3v) is 8.18. The predicted molar refractivity (Wildman–Crippen MR) is 172 cm³/mol. The van der Waals surface area contributed by atoms with Crippen molar-refractivity contribution < 1.29 is 0 Å². The van der Waals surface area contributed by atoms with Crippen LogP contribution in [0.3, 0.4) is 0 Å². The predicted octanol–water partition coefficient (Wildman–Crippen LogP) is 9.09. The van der Waals surface area contributed by atoms with Gasteiger partial charge in [-0.25, -0.2) is 4.98 Å². The molecule has 0 bridgehead atoms. The van der Waals surface area contributed by atoms with Crippen molar-refractivity contribution in [3.8, 4) is 28.7 Å². The molecule has 6 aromatic carbocycles. The van der Waals surface area contributed by atoms with E-state index in [9.17, 15) is 0 Å². The van der Waals surface area contributed by atoms with Crippen LogP contribution in [-0.2, 0) is 0 Å². The van der Waals surface area contributed by atoms with Crippen molar-refractivity contribution in [2.45, 2.75) is 0 Å². The SMILES string of the molecule is c1ccc(-c2nc(-c3ccccc3)nc(-n3c4ccccc4c4ccc5c([nH]c6ccc7ccccc7c65)c43)n2)cc1. The van der Waals surface area contributed by atoms with E-state index in [2.05, 4.69) is 82.3 Å². The molecule has 196 valence electrons. The quantitative estimate of drug-likeness (QED) is 0.244. The normalized spacial score (nSPS) is 11.8. The summed E-state index contributed by atoms with van der Waals surface area (Å²) in [6.07, 6.45) is 0. The number of hydrogen-bond donors (Lipinski definition) is 1. The molecule has 0 saturated carbocycles. The molecule has 0 fully saturated rings. The molecule has 5 heteroatoms. The third kappa shape index (κ3) is 3.34. The van der Waals surface area contributed by atoms with Crippen LogP contribution in [0, 0.1) is 0 Å². The van der Waals surface area contributed by atoms with Gasteiger partial charge < -0.3 is 4.98 Å². The molecule has 9 aromatic rings. The Morgan fingerprint density at radius 1 is 0.476 bits per heavy atom. The molecule has 5 nitrogen and oxygen atoms in total. The van der Waals surface area contributed by atoms with Gasteiger partial charge in [-0.1, -0.05) is 121 Å². The summed E-state index contributed by atoms with van der Waals surface area (Å²) in [6, 6.07) is 46.2. The first-order valence-corrected chi connectivity index (χ1v) is 14.1. The smallest absolute Gasteiger partial charge is 0.238 e. The van der Waals surface area contributed by atoms with Crippen molar-refractivity contribution in [3.05, 3.63) is 133 Å². The van der Waals surface area contributed by atoms with Gasteiger partial charge in [-0.3, -0.25) is 4.57 Å². The lowest BCUT2D eigenvalue weighted by Gasteiger charge is -2.11. The minimum atomic E-state index is 0.588. The minimum absolute atomic E-state index is 0.588. The van der Waals surface area contributed by atoms with Crippen molar-refractivity contribution in [2.75, 3.05) is 0 Å². The van der Waals surface area contributed by atoms with Crippen LogP contribution in [0.15, 0.2) is 133 Å². The summed E-state index contributed by atoms with van der Waals surface area (Å²) >= 11 is 0. The Balaban J connectivity index is 1.44. The second-order valence-electron chi connectivity index (χ2n) is 10.6. The zero-order valence-electron chi connectivity index (χ0n) is 22.5. The topological polar surface area (TPSA) is 59.4 Å². The van der Waals surface area contributed by atoms with Crippen LogP contribution < -0.4 is 0 Å². The maximum absolute atomic E-state index is 5.11. The Morgan fingerprint density at radius 3 is 1.83 bits per heavy atom. The van der Waals surface area contributed by atoms with Gasteiger partial charge in [0.25, 0.3) is 0 Å². The fourth-order valence-electron chi connectivity index (χ4n) is 6.30. The molecule has 0 saturated heterocycles. The zero-order chi connectivity index (χ0) is 27.6. The summed E-state index contributed by atoms with van der Waals surface area (Å²) in [6.45, 7) is 0. The summed E-state index contributed by atoms with van der Waals surface area (Å²) in [4.78, 5) is 18.9. The van der Waals surface area contributed by atoms with E-state index in [0.29, 0.717) is 17.6 Å². The molecule has 0 amide bonds. The van der Waals surface area contributed by atoms with Crippen LogP contribution in [0.2, 0.25) is 0 Å². The van der Waals surface area contributed by atoms with Crippen LogP contribution in [0.1, 0.15) is 0 Å². The van der Waals surface area contributed by atoms with Gasteiger partial charge in [0, 0.05) is 38.2 Å². The fourth-order valence-corrected chi connectivity index (χ4v) is 6.30.